The molecule has 0 spiro atoms. The zero-order valence-corrected chi connectivity index (χ0v) is 20.0. The summed E-state index contributed by atoms with van der Waals surface area (Å²) < 4.78 is 89.1. The number of rotatable bonds is 9. The molecule has 1 aliphatic rings. The van der Waals surface area contributed by atoms with E-state index >= 15 is 0 Å². The van der Waals surface area contributed by atoms with Gasteiger partial charge in [-0.2, -0.15) is 0 Å². The van der Waals surface area contributed by atoms with Crippen molar-refractivity contribution in [3.63, 3.8) is 0 Å². The van der Waals surface area contributed by atoms with Crippen LogP contribution < -0.4 is 30.2 Å². The fourth-order valence-corrected chi connectivity index (χ4v) is 3.80. The van der Waals surface area contributed by atoms with Gasteiger partial charge in [0.1, 0.15) is 23.4 Å². The first-order chi connectivity index (χ1) is 17.8. The molecule has 1 fully saturated rings. The van der Waals surface area contributed by atoms with Crippen LogP contribution in [0, 0.1) is 0 Å². The molecule has 2 aromatic rings. The Morgan fingerprint density at radius 2 is 1.68 bits per heavy atom. The molecule has 208 valence electrons. The van der Waals surface area contributed by atoms with Gasteiger partial charge in [0.15, 0.2) is 0 Å². The number of benzene rings is 2. The fraction of sp³-hybridized carbons (Fsp3) is 0.417. The van der Waals surface area contributed by atoms with Crippen molar-refractivity contribution in [2.45, 2.75) is 57.5 Å². The lowest BCUT2D eigenvalue weighted by Crippen LogP contribution is -2.37. The first kappa shape index (κ1) is 28.7. The van der Waals surface area contributed by atoms with E-state index in [1.165, 1.54) is 18.2 Å². The Kier molecular flexibility index (Phi) is 9.17. The maximum absolute atomic E-state index is 12.8. The maximum Gasteiger partial charge on any atom is 0.573 e. The molecule has 0 aromatic heterocycles. The summed E-state index contributed by atoms with van der Waals surface area (Å²) in [4.78, 5) is 24.7. The molecule has 0 heterocycles. The lowest BCUT2D eigenvalue weighted by Gasteiger charge is -2.18. The number of alkyl halides is 6. The summed E-state index contributed by atoms with van der Waals surface area (Å²) in [5.74, 6) is -1.74. The number of nitrogens with one attached hydrogen (secondary N) is 3. The predicted octanol–water partition coefficient (Wildman–Crippen LogP) is 5.75. The predicted molar refractivity (Wildman–Crippen MR) is 123 cm³/mol. The lowest BCUT2D eigenvalue weighted by molar-refractivity contribution is -0.275. The van der Waals surface area contributed by atoms with Gasteiger partial charge in [0.25, 0.3) is 5.91 Å². The van der Waals surface area contributed by atoms with Crippen LogP contribution in [0.1, 0.15) is 43.0 Å². The molecule has 38 heavy (non-hydrogen) atoms. The lowest BCUT2D eigenvalue weighted by atomic mass is 10.1. The zero-order valence-electron chi connectivity index (χ0n) is 20.0. The van der Waals surface area contributed by atoms with Crippen molar-refractivity contribution in [1.29, 1.82) is 0 Å². The van der Waals surface area contributed by atoms with Crippen molar-refractivity contribution in [2.24, 2.45) is 0 Å². The Balaban J connectivity index is 1.58. The quantitative estimate of drug-likeness (QED) is 0.347. The summed E-state index contributed by atoms with van der Waals surface area (Å²) in [7, 11) is 0. The summed E-state index contributed by atoms with van der Waals surface area (Å²) in [6, 6.07) is 7.22. The molecule has 2 unspecified atom stereocenters. The summed E-state index contributed by atoms with van der Waals surface area (Å²) in [6.07, 6.45) is -8.33. The third-order valence-electron chi connectivity index (χ3n) is 5.30. The topological polar surface area (TPSA) is 97.9 Å². The summed E-state index contributed by atoms with van der Waals surface area (Å²) >= 11 is 0. The van der Waals surface area contributed by atoms with Crippen LogP contribution >= 0.6 is 0 Å². The number of carbonyl (C=O) groups excluding carboxylic acids is 2. The molecule has 1 aliphatic carbocycles. The summed E-state index contributed by atoms with van der Waals surface area (Å²) in [5, 5.41) is 7.63. The molecular weight excluding hydrogens is 524 g/mol. The normalized spacial score (nSPS) is 17.4. The van der Waals surface area contributed by atoms with Gasteiger partial charge < -0.3 is 30.2 Å². The molecule has 0 saturated heterocycles. The monoisotopic (exact) mass is 549 g/mol. The first-order valence-corrected chi connectivity index (χ1v) is 11.6. The highest BCUT2D eigenvalue weighted by molar-refractivity contribution is 5.97. The molecule has 3 amide bonds. The van der Waals surface area contributed by atoms with Crippen LogP contribution in [0.5, 0.6) is 17.2 Å². The van der Waals surface area contributed by atoms with E-state index in [-0.39, 0.29) is 29.6 Å². The molecule has 8 nitrogen and oxygen atoms in total. The third kappa shape index (κ3) is 9.23. The molecule has 14 heteroatoms. The Morgan fingerprint density at radius 3 is 2.37 bits per heavy atom. The van der Waals surface area contributed by atoms with E-state index in [2.05, 4.69) is 25.4 Å². The number of anilines is 1. The molecule has 0 aliphatic heterocycles. The standard InChI is InChI=1S/C24H25F6N3O5/c1-2-10-31-21(34)19-13-17(8-9-20(19)38-24(28,29)30)36-16-7-6-15(11-16)33-22(35)32-14-4-3-5-18(12-14)37-23(25,26)27/h3-5,8-9,12-13,15-16H,2,6-7,10-11H2,1H3,(H,31,34)(H2,32,33,35). The number of urea groups is 1. The highest BCUT2D eigenvalue weighted by Crippen LogP contribution is 2.32. The molecule has 3 rings (SSSR count). The van der Waals surface area contributed by atoms with Crippen LogP contribution in [0.4, 0.5) is 36.8 Å². The van der Waals surface area contributed by atoms with Gasteiger partial charge in [0.2, 0.25) is 0 Å². The van der Waals surface area contributed by atoms with Crippen molar-refractivity contribution >= 4 is 17.6 Å². The van der Waals surface area contributed by atoms with Gasteiger partial charge in [-0.1, -0.05) is 13.0 Å². The van der Waals surface area contributed by atoms with Crippen molar-refractivity contribution in [3.8, 4) is 17.2 Å². The average molecular weight is 549 g/mol. The number of hydrogen-bond donors (Lipinski definition) is 3. The van der Waals surface area contributed by atoms with Crippen LogP contribution in [0.2, 0.25) is 0 Å². The van der Waals surface area contributed by atoms with E-state index in [1.54, 1.807) is 6.92 Å². The van der Waals surface area contributed by atoms with Crippen LogP contribution in [0.3, 0.4) is 0 Å². The first-order valence-electron chi connectivity index (χ1n) is 11.6. The van der Waals surface area contributed by atoms with Gasteiger partial charge in [-0.15, -0.1) is 26.3 Å². The second-order valence-electron chi connectivity index (χ2n) is 8.39. The smallest absolute Gasteiger partial charge is 0.490 e. The molecule has 3 N–H and O–H groups in total. The zero-order chi connectivity index (χ0) is 27.9. The largest absolute Gasteiger partial charge is 0.573 e. The van der Waals surface area contributed by atoms with E-state index in [1.807, 2.05) is 0 Å². The van der Waals surface area contributed by atoms with E-state index in [0.29, 0.717) is 25.7 Å². The minimum Gasteiger partial charge on any atom is -0.490 e. The number of halogens is 6. The molecule has 0 radical (unpaired) electrons. The van der Waals surface area contributed by atoms with Gasteiger partial charge in [-0.25, -0.2) is 4.79 Å². The van der Waals surface area contributed by atoms with Crippen LogP contribution in [0.15, 0.2) is 42.5 Å². The van der Waals surface area contributed by atoms with Crippen molar-refractivity contribution < 1.29 is 50.1 Å². The highest BCUT2D eigenvalue weighted by atomic mass is 19.4. The number of carbonyl (C=O) groups is 2. The molecule has 2 aromatic carbocycles. The van der Waals surface area contributed by atoms with Crippen LogP contribution in [-0.4, -0.2) is 43.4 Å². The van der Waals surface area contributed by atoms with Gasteiger partial charge in [-0.05, 0) is 49.6 Å². The molecular formula is C24H25F6N3O5. The number of amides is 3. The maximum atomic E-state index is 12.8. The van der Waals surface area contributed by atoms with E-state index in [9.17, 15) is 35.9 Å². The Hall–Kier alpha value is -3.84. The van der Waals surface area contributed by atoms with Crippen molar-refractivity contribution in [2.75, 3.05) is 11.9 Å². The molecule has 2 atom stereocenters. The highest BCUT2D eigenvalue weighted by Gasteiger charge is 2.34. The van der Waals surface area contributed by atoms with Crippen LogP contribution in [0.25, 0.3) is 0 Å². The van der Waals surface area contributed by atoms with Crippen molar-refractivity contribution in [3.05, 3.63) is 48.0 Å². The Labute approximate surface area is 213 Å². The van der Waals surface area contributed by atoms with Gasteiger partial charge >= 0.3 is 18.8 Å². The second-order valence-corrected chi connectivity index (χ2v) is 8.39. The number of hydrogen-bond acceptors (Lipinski definition) is 5. The molecule has 1 saturated carbocycles. The average Bonchev–Trinajstić information content (AvgIpc) is 3.23. The van der Waals surface area contributed by atoms with E-state index < -0.39 is 42.3 Å². The third-order valence-corrected chi connectivity index (χ3v) is 5.30. The summed E-state index contributed by atoms with van der Waals surface area (Å²) in [6.45, 7) is 2.05. The number of ether oxygens (including phenoxy) is 3. The minimum absolute atomic E-state index is 0.0880. The van der Waals surface area contributed by atoms with Gasteiger partial charge in [-0.3, -0.25) is 4.79 Å². The van der Waals surface area contributed by atoms with Gasteiger partial charge in [0, 0.05) is 30.8 Å². The van der Waals surface area contributed by atoms with E-state index in [0.717, 1.165) is 24.3 Å². The molecule has 0 bridgehead atoms. The fourth-order valence-electron chi connectivity index (χ4n) is 3.80. The van der Waals surface area contributed by atoms with E-state index in [4.69, 9.17) is 4.74 Å². The summed E-state index contributed by atoms with van der Waals surface area (Å²) in [5.41, 5.74) is -0.248. The van der Waals surface area contributed by atoms with Crippen LogP contribution in [-0.2, 0) is 0 Å². The van der Waals surface area contributed by atoms with Crippen molar-refractivity contribution in [1.82, 2.24) is 10.6 Å². The second kappa shape index (κ2) is 12.1. The van der Waals surface area contributed by atoms with Gasteiger partial charge in [0.05, 0.1) is 5.56 Å². The Bertz CT molecular complexity index is 1130. The Morgan fingerprint density at radius 1 is 0.947 bits per heavy atom. The SMILES string of the molecule is CCCNC(=O)c1cc(OC2CCC(NC(=O)Nc3cccc(OC(F)(F)F)c3)C2)ccc1OC(F)(F)F. The minimum atomic E-state index is -4.99.